The molecule has 0 radical (unpaired) electrons. The second kappa shape index (κ2) is 9.79. The van der Waals surface area contributed by atoms with Crippen molar-refractivity contribution in [2.75, 3.05) is 31.8 Å². The summed E-state index contributed by atoms with van der Waals surface area (Å²) in [5.41, 5.74) is 1.07. The van der Waals surface area contributed by atoms with Gasteiger partial charge in [-0.25, -0.2) is 0 Å². The van der Waals surface area contributed by atoms with Crippen molar-refractivity contribution < 1.29 is 23.5 Å². The van der Waals surface area contributed by atoms with Crippen molar-refractivity contribution in [2.24, 2.45) is 0 Å². The third-order valence-electron chi connectivity index (χ3n) is 5.31. The maximum Gasteiger partial charge on any atom is 0.254 e. The van der Waals surface area contributed by atoms with Crippen LogP contribution in [0.25, 0.3) is 0 Å². The Morgan fingerprint density at radius 1 is 1.09 bits per heavy atom. The number of nitrogens with zero attached hydrogens (tertiary/aromatic N) is 3. The number of benzene rings is 2. The van der Waals surface area contributed by atoms with Crippen LogP contribution in [0.2, 0.25) is 5.02 Å². The van der Waals surface area contributed by atoms with Gasteiger partial charge in [-0.15, -0.1) is 0 Å². The summed E-state index contributed by atoms with van der Waals surface area (Å²) < 4.78 is 10.5. The number of carbonyl (C=O) groups is 3. The number of carbonyl (C=O) groups excluding carboxylic acids is 3. The van der Waals surface area contributed by atoms with Gasteiger partial charge in [0.2, 0.25) is 11.8 Å². The molecule has 2 heterocycles. The lowest BCUT2D eigenvalue weighted by molar-refractivity contribution is -0.132. The summed E-state index contributed by atoms with van der Waals surface area (Å²) in [4.78, 5) is 43.1. The van der Waals surface area contributed by atoms with Gasteiger partial charge in [0, 0.05) is 16.3 Å². The van der Waals surface area contributed by atoms with Crippen LogP contribution in [0.3, 0.4) is 0 Å². The summed E-state index contributed by atoms with van der Waals surface area (Å²) in [5, 5.41) is 0.559. The summed E-state index contributed by atoms with van der Waals surface area (Å²) in [6.45, 7) is -0.0447. The first-order chi connectivity index (χ1) is 15.9. The largest absolute Gasteiger partial charge is 0.497 e. The van der Waals surface area contributed by atoms with E-state index in [4.69, 9.17) is 20.8 Å². The molecule has 33 heavy (non-hydrogen) atoms. The number of amides is 3. The van der Waals surface area contributed by atoms with E-state index >= 15 is 0 Å². The van der Waals surface area contributed by atoms with E-state index in [-0.39, 0.29) is 44.0 Å². The van der Waals surface area contributed by atoms with E-state index in [2.05, 4.69) is 0 Å². The minimum absolute atomic E-state index is 0.0627. The van der Waals surface area contributed by atoms with Crippen molar-refractivity contribution >= 4 is 35.0 Å². The molecule has 3 aromatic rings. The molecule has 1 aromatic heterocycles. The number of halogens is 1. The Hall–Kier alpha value is -3.78. The smallest absolute Gasteiger partial charge is 0.254 e. The Morgan fingerprint density at radius 2 is 1.82 bits per heavy atom. The second-order valence-corrected chi connectivity index (χ2v) is 7.94. The maximum atomic E-state index is 13.2. The number of methoxy groups -OCH3 is 1. The lowest BCUT2D eigenvalue weighted by Crippen LogP contribution is -2.42. The highest BCUT2D eigenvalue weighted by Gasteiger charge is 2.33. The third kappa shape index (κ3) is 5.18. The molecule has 0 saturated carbocycles. The number of ether oxygens (including phenoxy) is 1. The third-order valence-corrected chi connectivity index (χ3v) is 5.56. The maximum absolute atomic E-state index is 13.2. The predicted octanol–water partition coefficient (Wildman–Crippen LogP) is 3.42. The van der Waals surface area contributed by atoms with Gasteiger partial charge in [0.05, 0.1) is 19.9 Å². The molecule has 4 rings (SSSR count). The Morgan fingerprint density at radius 3 is 2.45 bits per heavy atom. The van der Waals surface area contributed by atoms with Gasteiger partial charge < -0.3 is 19.0 Å². The van der Waals surface area contributed by atoms with Gasteiger partial charge in [-0.3, -0.25) is 19.3 Å². The molecule has 0 bridgehead atoms. The fraction of sp³-hybridized carbons (Fsp3) is 0.208. The second-order valence-electron chi connectivity index (χ2n) is 7.50. The quantitative estimate of drug-likeness (QED) is 0.531. The molecule has 0 aliphatic carbocycles. The van der Waals surface area contributed by atoms with Crippen LogP contribution < -0.4 is 9.64 Å². The van der Waals surface area contributed by atoms with Crippen molar-refractivity contribution in [3.8, 4) is 5.75 Å². The molecule has 0 atom stereocenters. The summed E-state index contributed by atoms with van der Waals surface area (Å²) in [6, 6.07) is 16.9. The van der Waals surface area contributed by atoms with Crippen LogP contribution in [0.5, 0.6) is 5.75 Å². The van der Waals surface area contributed by atoms with Crippen LogP contribution in [0, 0.1) is 0 Å². The Balaban J connectivity index is 1.49. The highest BCUT2D eigenvalue weighted by molar-refractivity contribution is 6.30. The lowest BCUT2D eigenvalue weighted by atomic mass is 10.2. The van der Waals surface area contributed by atoms with Gasteiger partial charge in [0.1, 0.15) is 31.3 Å². The summed E-state index contributed by atoms with van der Waals surface area (Å²) in [6.07, 6.45) is 1.51. The van der Waals surface area contributed by atoms with E-state index in [0.29, 0.717) is 27.8 Å². The van der Waals surface area contributed by atoms with Gasteiger partial charge in [-0.05, 0) is 60.7 Å². The summed E-state index contributed by atoms with van der Waals surface area (Å²) in [7, 11) is 1.55. The average Bonchev–Trinajstić information content (AvgIpc) is 3.48. The van der Waals surface area contributed by atoms with Crippen LogP contribution in [0.15, 0.2) is 71.3 Å². The first-order valence-corrected chi connectivity index (χ1v) is 10.6. The SMILES string of the molecule is COc1ccc(C(=O)N(CC(=O)N2CC(=O)N(c3ccc(Cl)cc3)C2)Cc2ccco2)cc1. The topological polar surface area (TPSA) is 83.3 Å². The molecule has 1 saturated heterocycles. The average molecular weight is 468 g/mol. The van der Waals surface area contributed by atoms with E-state index in [1.165, 1.54) is 21.0 Å². The van der Waals surface area contributed by atoms with Crippen LogP contribution in [-0.2, 0) is 16.1 Å². The fourth-order valence-corrected chi connectivity index (χ4v) is 3.66. The monoisotopic (exact) mass is 467 g/mol. The standard InChI is InChI=1S/C24H22ClN3O5/c1-32-20-10-4-17(5-11-20)24(31)26(13-21-3-2-12-33-21)14-22(29)27-15-23(30)28(16-27)19-8-6-18(25)7-9-19/h2-12H,13-16H2,1H3. The number of furan rings is 1. The molecule has 0 spiro atoms. The van der Waals surface area contributed by atoms with Gasteiger partial charge >= 0.3 is 0 Å². The number of anilines is 1. The van der Waals surface area contributed by atoms with E-state index in [9.17, 15) is 14.4 Å². The molecule has 1 aliphatic heterocycles. The Bertz CT molecular complexity index is 1130. The zero-order valence-corrected chi connectivity index (χ0v) is 18.7. The number of hydrogen-bond donors (Lipinski definition) is 0. The summed E-state index contributed by atoms with van der Waals surface area (Å²) >= 11 is 5.93. The van der Waals surface area contributed by atoms with Gasteiger partial charge in [-0.1, -0.05) is 11.6 Å². The van der Waals surface area contributed by atoms with Gasteiger partial charge in [0.15, 0.2) is 0 Å². The van der Waals surface area contributed by atoms with E-state index < -0.39 is 0 Å². The molecular weight excluding hydrogens is 446 g/mol. The molecule has 0 unspecified atom stereocenters. The molecule has 1 aliphatic rings. The highest BCUT2D eigenvalue weighted by Crippen LogP contribution is 2.22. The van der Waals surface area contributed by atoms with Crippen LogP contribution in [0.4, 0.5) is 5.69 Å². The van der Waals surface area contributed by atoms with Crippen molar-refractivity contribution in [2.45, 2.75) is 6.54 Å². The fourth-order valence-electron chi connectivity index (χ4n) is 3.53. The van der Waals surface area contributed by atoms with Crippen molar-refractivity contribution in [1.29, 1.82) is 0 Å². The Kier molecular flexibility index (Phi) is 6.65. The molecule has 9 heteroatoms. The van der Waals surface area contributed by atoms with Crippen LogP contribution in [0.1, 0.15) is 16.1 Å². The first-order valence-electron chi connectivity index (χ1n) is 10.2. The first kappa shape index (κ1) is 22.4. The lowest BCUT2D eigenvalue weighted by Gasteiger charge is -2.24. The van der Waals surface area contributed by atoms with Crippen molar-refractivity contribution in [3.05, 3.63) is 83.3 Å². The van der Waals surface area contributed by atoms with Crippen molar-refractivity contribution in [3.63, 3.8) is 0 Å². The van der Waals surface area contributed by atoms with E-state index in [1.54, 1.807) is 67.8 Å². The zero-order valence-electron chi connectivity index (χ0n) is 17.9. The number of hydrogen-bond acceptors (Lipinski definition) is 5. The molecule has 2 aromatic carbocycles. The minimum atomic E-state index is -0.340. The van der Waals surface area contributed by atoms with E-state index in [0.717, 1.165) is 0 Å². The molecular formula is C24H22ClN3O5. The number of rotatable bonds is 7. The molecule has 1 fully saturated rings. The van der Waals surface area contributed by atoms with Crippen LogP contribution >= 0.6 is 11.6 Å². The normalized spacial score (nSPS) is 13.3. The van der Waals surface area contributed by atoms with Gasteiger partial charge in [-0.2, -0.15) is 0 Å². The molecule has 170 valence electrons. The summed E-state index contributed by atoms with van der Waals surface area (Å²) in [5.74, 6) is 0.295. The van der Waals surface area contributed by atoms with Gasteiger partial charge in [0.25, 0.3) is 5.91 Å². The highest BCUT2D eigenvalue weighted by atomic mass is 35.5. The minimum Gasteiger partial charge on any atom is -0.497 e. The predicted molar refractivity (Wildman–Crippen MR) is 122 cm³/mol. The molecule has 0 N–H and O–H groups in total. The zero-order chi connectivity index (χ0) is 23.4. The van der Waals surface area contributed by atoms with Crippen LogP contribution in [-0.4, -0.2) is 54.4 Å². The Labute approximate surface area is 195 Å². The van der Waals surface area contributed by atoms with E-state index in [1.807, 2.05) is 0 Å². The van der Waals surface area contributed by atoms with Crippen molar-refractivity contribution in [1.82, 2.24) is 9.80 Å². The molecule has 3 amide bonds. The molecule has 8 nitrogen and oxygen atoms in total.